The number of nitrogens with zero attached hydrogens (tertiary/aromatic N) is 1. The molecule has 0 spiro atoms. The van der Waals surface area contributed by atoms with E-state index in [1.165, 1.54) is 0 Å². The van der Waals surface area contributed by atoms with Crippen molar-refractivity contribution in [1.29, 1.82) is 0 Å². The third-order valence-electron chi connectivity index (χ3n) is 2.65. The lowest BCUT2D eigenvalue weighted by atomic mass is 10.2. The SMILES string of the molecule is CCC(CO)NC(=O)c1cc(-c2ccco2)[nH]n1. The zero-order chi connectivity index (χ0) is 13.0. The van der Waals surface area contributed by atoms with E-state index in [2.05, 4.69) is 15.5 Å². The van der Waals surface area contributed by atoms with E-state index in [4.69, 9.17) is 9.52 Å². The average Bonchev–Trinajstić information content (AvgIpc) is 3.04. The fourth-order valence-corrected chi connectivity index (χ4v) is 1.53. The van der Waals surface area contributed by atoms with Crippen LogP contribution in [0.4, 0.5) is 0 Å². The Balaban J connectivity index is 2.08. The molecule has 0 aromatic carbocycles. The Kier molecular flexibility index (Phi) is 3.78. The number of aliphatic hydroxyl groups is 1. The number of nitrogens with one attached hydrogen (secondary N) is 2. The van der Waals surface area contributed by atoms with Crippen LogP contribution in [0.3, 0.4) is 0 Å². The second-order valence-corrected chi connectivity index (χ2v) is 3.91. The number of furan rings is 1. The molecular formula is C12H15N3O3. The number of carbonyl (C=O) groups is 1. The lowest BCUT2D eigenvalue weighted by Gasteiger charge is -2.12. The number of hydrogen-bond donors (Lipinski definition) is 3. The van der Waals surface area contributed by atoms with Crippen molar-refractivity contribution in [1.82, 2.24) is 15.5 Å². The number of H-pyrrole nitrogens is 1. The molecule has 18 heavy (non-hydrogen) atoms. The van der Waals surface area contributed by atoms with Gasteiger partial charge in [0.15, 0.2) is 11.5 Å². The van der Waals surface area contributed by atoms with Gasteiger partial charge in [-0.2, -0.15) is 5.10 Å². The Morgan fingerprint density at radius 1 is 1.67 bits per heavy atom. The first-order valence-electron chi connectivity index (χ1n) is 5.75. The molecule has 0 saturated heterocycles. The van der Waals surface area contributed by atoms with Crippen molar-refractivity contribution in [3.63, 3.8) is 0 Å². The van der Waals surface area contributed by atoms with E-state index in [1.807, 2.05) is 6.92 Å². The van der Waals surface area contributed by atoms with E-state index in [0.717, 1.165) is 0 Å². The maximum atomic E-state index is 11.8. The van der Waals surface area contributed by atoms with E-state index in [1.54, 1.807) is 24.5 Å². The smallest absolute Gasteiger partial charge is 0.272 e. The van der Waals surface area contributed by atoms with Gasteiger partial charge in [-0.05, 0) is 18.6 Å². The summed E-state index contributed by atoms with van der Waals surface area (Å²) >= 11 is 0. The number of carbonyl (C=O) groups excluding carboxylic acids is 1. The van der Waals surface area contributed by atoms with Crippen LogP contribution in [0.25, 0.3) is 11.5 Å². The highest BCUT2D eigenvalue weighted by Gasteiger charge is 2.15. The van der Waals surface area contributed by atoms with Crippen LogP contribution in [0.15, 0.2) is 28.9 Å². The summed E-state index contributed by atoms with van der Waals surface area (Å²) in [4.78, 5) is 11.8. The van der Waals surface area contributed by atoms with E-state index in [9.17, 15) is 4.79 Å². The molecule has 0 bridgehead atoms. The molecule has 0 radical (unpaired) electrons. The van der Waals surface area contributed by atoms with Crippen molar-refractivity contribution in [2.75, 3.05) is 6.61 Å². The maximum Gasteiger partial charge on any atom is 0.272 e. The molecule has 0 fully saturated rings. The molecule has 3 N–H and O–H groups in total. The van der Waals surface area contributed by atoms with Gasteiger partial charge >= 0.3 is 0 Å². The predicted octanol–water partition coefficient (Wildman–Crippen LogP) is 1.17. The molecular weight excluding hydrogens is 234 g/mol. The lowest BCUT2D eigenvalue weighted by Crippen LogP contribution is -2.37. The van der Waals surface area contributed by atoms with Crippen molar-refractivity contribution in [3.8, 4) is 11.5 Å². The quantitative estimate of drug-likeness (QED) is 0.741. The molecule has 2 aromatic heterocycles. The standard InChI is InChI=1S/C12H15N3O3/c1-2-8(7-16)13-12(17)10-6-9(14-15-10)11-4-3-5-18-11/h3-6,8,16H,2,7H2,1H3,(H,13,17)(H,14,15). The van der Waals surface area contributed by atoms with E-state index < -0.39 is 0 Å². The van der Waals surface area contributed by atoms with Crippen LogP contribution in [0.1, 0.15) is 23.8 Å². The van der Waals surface area contributed by atoms with Gasteiger partial charge in [-0.25, -0.2) is 0 Å². The van der Waals surface area contributed by atoms with Gasteiger partial charge in [0.2, 0.25) is 0 Å². The first-order valence-corrected chi connectivity index (χ1v) is 5.75. The molecule has 2 heterocycles. The van der Waals surface area contributed by atoms with Gasteiger partial charge in [0.25, 0.3) is 5.91 Å². The van der Waals surface area contributed by atoms with Crippen LogP contribution in [-0.2, 0) is 0 Å². The van der Waals surface area contributed by atoms with Crippen LogP contribution in [-0.4, -0.2) is 33.9 Å². The van der Waals surface area contributed by atoms with E-state index in [0.29, 0.717) is 17.9 Å². The van der Waals surface area contributed by atoms with Crippen LogP contribution < -0.4 is 5.32 Å². The Morgan fingerprint density at radius 3 is 3.11 bits per heavy atom. The molecule has 96 valence electrons. The summed E-state index contributed by atoms with van der Waals surface area (Å²) < 4.78 is 5.19. The second-order valence-electron chi connectivity index (χ2n) is 3.91. The minimum Gasteiger partial charge on any atom is -0.463 e. The normalized spacial score (nSPS) is 12.3. The van der Waals surface area contributed by atoms with Crippen LogP contribution in [0, 0.1) is 0 Å². The largest absolute Gasteiger partial charge is 0.463 e. The Bertz CT molecular complexity index is 500. The minimum absolute atomic E-state index is 0.0856. The van der Waals surface area contributed by atoms with Crippen molar-refractivity contribution >= 4 is 5.91 Å². The molecule has 1 amide bonds. The number of rotatable bonds is 5. The predicted molar refractivity (Wildman–Crippen MR) is 64.9 cm³/mol. The highest BCUT2D eigenvalue weighted by atomic mass is 16.3. The van der Waals surface area contributed by atoms with Gasteiger partial charge in [-0.15, -0.1) is 0 Å². The summed E-state index contributed by atoms with van der Waals surface area (Å²) in [5, 5.41) is 18.4. The summed E-state index contributed by atoms with van der Waals surface area (Å²) in [7, 11) is 0. The minimum atomic E-state index is -0.315. The number of aromatic nitrogens is 2. The summed E-state index contributed by atoms with van der Waals surface area (Å²) in [6, 6.07) is 4.89. The van der Waals surface area contributed by atoms with Gasteiger partial charge in [0, 0.05) is 6.07 Å². The van der Waals surface area contributed by atoms with Crippen molar-refractivity contribution in [2.45, 2.75) is 19.4 Å². The van der Waals surface area contributed by atoms with Crippen LogP contribution in [0.2, 0.25) is 0 Å². The number of hydrogen-bond acceptors (Lipinski definition) is 4. The maximum absolute atomic E-state index is 11.8. The summed E-state index contributed by atoms with van der Waals surface area (Å²) in [5.41, 5.74) is 0.912. The molecule has 0 aliphatic heterocycles. The van der Waals surface area contributed by atoms with Crippen molar-refractivity contribution in [2.24, 2.45) is 0 Å². The Morgan fingerprint density at radius 2 is 2.50 bits per heavy atom. The zero-order valence-corrected chi connectivity index (χ0v) is 10.0. The van der Waals surface area contributed by atoms with Crippen LogP contribution in [0.5, 0.6) is 0 Å². The third-order valence-corrected chi connectivity index (χ3v) is 2.65. The van der Waals surface area contributed by atoms with Gasteiger partial charge in [-0.3, -0.25) is 9.89 Å². The van der Waals surface area contributed by atoms with Crippen molar-refractivity contribution in [3.05, 3.63) is 30.2 Å². The molecule has 2 aromatic rings. The highest BCUT2D eigenvalue weighted by molar-refractivity contribution is 5.93. The molecule has 0 saturated carbocycles. The number of aliphatic hydroxyl groups excluding tert-OH is 1. The molecule has 0 aliphatic carbocycles. The monoisotopic (exact) mass is 249 g/mol. The van der Waals surface area contributed by atoms with Gasteiger partial charge in [0.05, 0.1) is 18.9 Å². The zero-order valence-electron chi connectivity index (χ0n) is 10.0. The molecule has 1 unspecified atom stereocenters. The second kappa shape index (κ2) is 5.50. The molecule has 6 heteroatoms. The topological polar surface area (TPSA) is 91.1 Å². The van der Waals surface area contributed by atoms with Gasteiger partial charge < -0.3 is 14.8 Å². The van der Waals surface area contributed by atoms with Crippen LogP contribution >= 0.6 is 0 Å². The number of amides is 1. The average molecular weight is 249 g/mol. The van der Waals surface area contributed by atoms with Crippen molar-refractivity contribution < 1.29 is 14.3 Å². The lowest BCUT2D eigenvalue weighted by molar-refractivity contribution is 0.0910. The van der Waals surface area contributed by atoms with E-state index >= 15 is 0 Å². The first kappa shape index (κ1) is 12.4. The highest BCUT2D eigenvalue weighted by Crippen LogP contribution is 2.17. The summed E-state index contributed by atoms with van der Waals surface area (Å²) in [6.07, 6.45) is 2.21. The van der Waals surface area contributed by atoms with E-state index in [-0.39, 0.29) is 24.2 Å². The molecule has 1 atom stereocenters. The fourth-order valence-electron chi connectivity index (χ4n) is 1.53. The molecule has 6 nitrogen and oxygen atoms in total. The first-order chi connectivity index (χ1) is 8.74. The Hall–Kier alpha value is -2.08. The van der Waals surface area contributed by atoms with Gasteiger partial charge in [0.1, 0.15) is 5.69 Å². The third kappa shape index (κ3) is 2.60. The fraction of sp³-hybridized carbons (Fsp3) is 0.333. The Labute approximate surface area is 104 Å². The van der Waals surface area contributed by atoms with Gasteiger partial charge in [-0.1, -0.05) is 6.92 Å². The molecule has 0 aliphatic rings. The number of aromatic amines is 1. The summed E-state index contributed by atoms with van der Waals surface area (Å²) in [5.74, 6) is 0.306. The summed E-state index contributed by atoms with van der Waals surface area (Å²) in [6.45, 7) is 1.80. The molecule has 2 rings (SSSR count).